The first-order valence-electron chi connectivity index (χ1n) is 19.6. The van der Waals surface area contributed by atoms with E-state index in [2.05, 4.69) is 5.32 Å². The number of aliphatic imine (C=N–C) groups is 4. The van der Waals surface area contributed by atoms with Crippen LogP contribution in [-0.2, 0) is 0 Å². The van der Waals surface area contributed by atoms with E-state index in [0.29, 0.717) is 74.3 Å². The molecule has 9 nitrogen and oxygen atoms in total. The molecule has 63 heavy (non-hydrogen) atoms. The number of allylic oxidation sites excluding steroid dienone is 12. The van der Waals surface area contributed by atoms with Gasteiger partial charge in [0.05, 0.1) is 51.2 Å². The first-order chi connectivity index (χ1) is 30.6. The SMILES string of the molecule is NCCSSCCNc1c(F)c(F)c(C2=C3C=CC(=N3)C(c3cccc(O)c3)=C3C=CC(=N3)C(c3cccc(O)c3)=C3C=CC(=N3)C(c3cccc(O)c3)=C3C=CC2=N3)c(F)c1F. The maximum atomic E-state index is 16.6. The van der Waals surface area contributed by atoms with Crippen LogP contribution in [0.1, 0.15) is 22.3 Å². The van der Waals surface area contributed by atoms with Gasteiger partial charge in [0.15, 0.2) is 23.3 Å². The van der Waals surface area contributed by atoms with Crippen molar-refractivity contribution in [2.75, 3.05) is 29.9 Å². The van der Waals surface area contributed by atoms with E-state index in [9.17, 15) is 15.3 Å². The number of nitrogens with two attached hydrogens (primary N) is 1. The fourth-order valence-electron chi connectivity index (χ4n) is 7.61. The molecule has 0 atom stereocenters. The minimum atomic E-state index is -1.66. The van der Waals surface area contributed by atoms with Crippen LogP contribution in [0.3, 0.4) is 0 Å². The second-order valence-corrected chi connectivity index (χ2v) is 17.1. The number of phenols is 3. The molecule has 5 aliphatic heterocycles. The van der Waals surface area contributed by atoms with E-state index < -0.39 is 34.5 Å². The predicted octanol–water partition coefficient (Wildman–Crippen LogP) is 10.1. The molecule has 8 bridgehead atoms. The minimum absolute atomic E-state index is 0.00966. The van der Waals surface area contributed by atoms with Gasteiger partial charge in [-0.05, 0) is 102 Å². The topological polar surface area (TPSA) is 148 Å². The molecule has 5 aliphatic rings. The standard InChI is InChI=1S/C48H34F4N6O3S2/c49-44-43(45(50)47(52)48(46(44)51)54-19-21-63-62-20-18-53)42-37-16-14-35(57-37)40(26-5-2-8-29(60)23-26)33-12-10-31(55-33)39(25-4-1-7-28(59)22-25)32-11-13-34(56-32)41(36-15-17-38(42)58-36)27-6-3-9-30(61)24-27/h1-17,22-24,54,59-61H,18-21,53H2. The second-order valence-electron chi connectivity index (χ2n) is 14.4. The molecule has 0 radical (unpaired) electrons. The lowest BCUT2D eigenvalue weighted by Gasteiger charge is -2.16. The smallest absolute Gasteiger partial charge is 0.185 e. The van der Waals surface area contributed by atoms with Gasteiger partial charge >= 0.3 is 0 Å². The molecule has 0 amide bonds. The number of hydrogen-bond acceptors (Lipinski definition) is 11. The maximum absolute atomic E-state index is 16.6. The fraction of sp³-hybridized carbons (Fsp3) is 0.0833. The Morgan fingerprint density at radius 3 is 1.22 bits per heavy atom. The number of nitrogens with one attached hydrogen (secondary N) is 1. The van der Waals surface area contributed by atoms with Gasteiger partial charge in [-0.3, -0.25) is 0 Å². The average Bonchev–Trinajstić information content (AvgIpc) is 4.12. The molecule has 15 heteroatoms. The Bertz CT molecular complexity index is 2960. The highest BCUT2D eigenvalue weighted by atomic mass is 33.1. The molecule has 314 valence electrons. The summed E-state index contributed by atoms with van der Waals surface area (Å²) in [6.07, 6.45) is 13.2. The van der Waals surface area contributed by atoms with Crippen LogP contribution >= 0.6 is 21.6 Å². The van der Waals surface area contributed by atoms with Gasteiger partial charge in [-0.2, -0.15) is 0 Å². The molecule has 0 aliphatic carbocycles. The first kappa shape index (κ1) is 41.4. The van der Waals surface area contributed by atoms with E-state index in [1.807, 2.05) is 6.07 Å². The molecule has 0 spiro atoms. The van der Waals surface area contributed by atoms with Crippen LogP contribution in [0.15, 0.2) is 164 Å². The molecule has 6 N–H and O–H groups in total. The molecule has 0 aromatic heterocycles. The van der Waals surface area contributed by atoms with E-state index in [1.165, 1.54) is 58.0 Å². The molecule has 0 saturated carbocycles. The van der Waals surface area contributed by atoms with Gasteiger partial charge in [-0.25, -0.2) is 37.5 Å². The van der Waals surface area contributed by atoms with Crippen molar-refractivity contribution >= 4 is 72.4 Å². The summed E-state index contributed by atoms with van der Waals surface area (Å²) in [5, 5.41) is 34.4. The summed E-state index contributed by atoms with van der Waals surface area (Å²) in [6, 6.07) is 19.5. The number of rotatable bonds is 11. The average molecular weight is 883 g/mol. The van der Waals surface area contributed by atoms with Gasteiger partial charge in [0, 0.05) is 46.9 Å². The molecule has 4 aromatic carbocycles. The zero-order chi connectivity index (χ0) is 43.8. The van der Waals surface area contributed by atoms with Crippen molar-refractivity contribution in [3.63, 3.8) is 0 Å². The van der Waals surface area contributed by atoms with Crippen molar-refractivity contribution in [3.05, 3.63) is 190 Å². The number of phenolic OH excluding ortho intramolecular Hbond substituents is 3. The highest BCUT2D eigenvalue weighted by Gasteiger charge is 2.33. The number of nitrogens with zero attached hydrogens (tertiary/aromatic N) is 4. The van der Waals surface area contributed by atoms with E-state index in [1.54, 1.807) is 78.9 Å². The van der Waals surface area contributed by atoms with Gasteiger partial charge < -0.3 is 26.4 Å². The third-order valence-corrected chi connectivity index (χ3v) is 12.7. The molecule has 0 saturated heterocycles. The van der Waals surface area contributed by atoms with E-state index in [-0.39, 0.29) is 52.2 Å². The van der Waals surface area contributed by atoms with E-state index >= 15 is 17.6 Å². The molecule has 0 fully saturated rings. The molecule has 5 heterocycles. The number of fused-ring (bicyclic) bond motifs is 4. The lowest BCUT2D eigenvalue weighted by atomic mass is 9.96. The van der Waals surface area contributed by atoms with Crippen molar-refractivity contribution in [1.29, 1.82) is 0 Å². The molecular weight excluding hydrogens is 849 g/mol. The number of benzene rings is 4. The van der Waals surface area contributed by atoms with Crippen LogP contribution in [0.5, 0.6) is 17.2 Å². The van der Waals surface area contributed by atoms with Crippen LogP contribution < -0.4 is 11.1 Å². The van der Waals surface area contributed by atoms with E-state index in [4.69, 9.17) is 25.7 Å². The van der Waals surface area contributed by atoms with Gasteiger partial charge in [0.2, 0.25) is 0 Å². The van der Waals surface area contributed by atoms with Gasteiger partial charge in [-0.15, -0.1) is 0 Å². The monoisotopic (exact) mass is 882 g/mol. The van der Waals surface area contributed by atoms with Crippen molar-refractivity contribution in [1.82, 2.24) is 0 Å². The summed E-state index contributed by atoms with van der Waals surface area (Å²) < 4.78 is 65.4. The zero-order valence-electron chi connectivity index (χ0n) is 32.9. The Morgan fingerprint density at radius 2 is 0.841 bits per heavy atom. The molecular formula is C48H34F4N6O3S2. The van der Waals surface area contributed by atoms with Crippen LogP contribution in [-0.4, -0.2) is 62.8 Å². The summed E-state index contributed by atoms with van der Waals surface area (Å²) in [5.41, 5.74) is 8.27. The molecule has 0 unspecified atom stereocenters. The predicted molar refractivity (Wildman–Crippen MR) is 247 cm³/mol. The third-order valence-electron chi connectivity index (χ3n) is 10.3. The maximum Gasteiger partial charge on any atom is 0.185 e. The normalized spacial score (nSPS) is 16.5. The Kier molecular flexibility index (Phi) is 11.5. The van der Waals surface area contributed by atoms with Gasteiger partial charge in [0.1, 0.15) is 22.9 Å². The summed E-state index contributed by atoms with van der Waals surface area (Å²) in [6.45, 7) is 0.461. The lowest BCUT2D eigenvalue weighted by molar-refractivity contribution is 0.455. The van der Waals surface area contributed by atoms with Crippen LogP contribution in [0, 0.1) is 23.3 Å². The van der Waals surface area contributed by atoms with Gasteiger partial charge in [-0.1, -0.05) is 58.0 Å². The highest BCUT2D eigenvalue weighted by Crippen LogP contribution is 2.42. The minimum Gasteiger partial charge on any atom is -0.508 e. The quantitative estimate of drug-likeness (QED) is 0.0436. The lowest BCUT2D eigenvalue weighted by Crippen LogP contribution is -2.14. The van der Waals surface area contributed by atoms with Crippen molar-refractivity contribution in [2.45, 2.75) is 0 Å². The van der Waals surface area contributed by atoms with Crippen LogP contribution in [0.4, 0.5) is 23.2 Å². The number of anilines is 1. The Balaban J connectivity index is 1.32. The Labute approximate surface area is 366 Å². The highest BCUT2D eigenvalue weighted by molar-refractivity contribution is 8.76. The summed E-state index contributed by atoms with van der Waals surface area (Å²) in [4.78, 5) is 19.8. The van der Waals surface area contributed by atoms with Gasteiger partial charge in [0.25, 0.3) is 0 Å². The second kappa shape index (κ2) is 17.4. The van der Waals surface area contributed by atoms with Crippen LogP contribution in [0.2, 0.25) is 0 Å². The Hall–Kier alpha value is -6.94. The van der Waals surface area contributed by atoms with Crippen molar-refractivity contribution in [3.8, 4) is 17.2 Å². The number of aromatic hydroxyl groups is 3. The summed E-state index contributed by atoms with van der Waals surface area (Å²) >= 11 is 0. The van der Waals surface area contributed by atoms with Crippen molar-refractivity contribution in [2.24, 2.45) is 25.7 Å². The largest absolute Gasteiger partial charge is 0.508 e. The molecule has 9 rings (SSSR count). The summed E-state index contributed by atoms with van der Waals surface area (Å²) in [5.74, 6) is -5.62. The number of halogens is 4. The summed E-state index contributed by atoms with van der Waals surface area (Å²) in [7, 11) is 2.86. The van der Waals surface area contributed by atoms with Crippen molar-refractivity contribution < 1.29 is 32.9 Å². The molecule has 4 aromatic rings. The first-order valence-corrected chi connectivity index (χ1v) is 22.1. The fourth-order valence-corrected chi connectivity index (χ4v) is 9.37. The van der Waals surface area contributed by atoms with Crippen LogP contribution in [0.25, 0.3) is 22.3 Å². The third kappa shape index (κ3) is 8.02. The Morgan fingerprint density at radius 1 is 0.476 bits per heavy atom. The number of hydrogen-bond donors (Lipinski definition) is 5. The zero-order valence-corrected chi connectivity index (χ0v) is 34.5. The van der Waals surface area contributed by atoms with E-state index in [0.717, 1.165) is 0 Å².